The number of carbonyl (C=O) groups is 1. The molecule has 1 aromatic rings. The summed E-state index contributed by atoms with van der Waals surface area (Å²) in [7, 11) is 0. The molecule has 1 aromatic carbocycles. The summed E-state index contributed by atoms with van der Waals surface area (Å²) in [5.74, 6) is -0.0235. The van der Waals surface area contributed by atoms with E-state index in [0.717, 1.165) is 16.9 Å². The van der Waals surface area contributed by atoms with Crippen LogP contribution in [0.1, 0.15) is 52.0 Å². The number of amides is 1. The molecule has 0 bridgehead atoms. The fraction of sp³-hybridized carbons (Fsp3) is 0.588. The first-order valence-corrected chi connectivity index (χ1v) is 7.50. The molecule has 0 heterocycles. The van der Waals surface area contributed by atoms with Crippen LogP contribution in [0.5, 0.6) is 0 Å². The largest absolute Gasteiger partial charge is 0.382 e. The third-order valence-corrected chi connectivity index (χ3v) is 4.26. The zero-order valence-corrected chi connectivity index (χ0v) is 13.0. The first kappa shape index (κ1) is 14.9. The lowest BCUT2D eigenvalue weighted by Crippen LogP contribution is -2.29. The van der Waals surface area contributed by atoms with Gasteiger partial charge < -0.3 is 10.6 Å². The molecule has 2 rings (SSSR count). The Bertz CT molecular complexity index is 484. The Balaban J connectivity index is 2.01. The van der Waals surface area contributed by atoms with Gasteiger partial charge in [-0.15, -0.1) is 0 Å². The third kappa shape index (κ3) is 3.99. The molecule has 0 spiro atoms. The summed E-state index contributed by atoms with van der Waals surface area (Å²) in [6.45, 7) is 8.26. The lowest BCUT2D eigenvalue weighted by Gasteiger charge is -2.35. The van der Waals surface area contributed by atoms with Crippen molar-refractivity contribution in [2.75, 3.05) is 10.6 Å². The molecule has 0 aromatic heterocycles. The second kappa shape index (κ2) is 5.86. The quantitative estimate of drug-likeness (QED) is 0.861. The predicted octanol–water partition coefficient (Wildman–Crippen LogP) is 4.33. The molecule has 0 aliphatic heterocycles. The van der Waals surface area contributed by atoms with Gasteiger partial charge in [0.25, 0.3) is 0 Å². The van der Waals surface area contributed by atoms with Crippen molar-refractivity contribution in [2.24, 2.45) is 5.41 Å². The van der Waals surface area contributed by atoms with Crippen LogP contribution in [-0.2, 0) is 4.79 Å². The molecule has 1 fully saturated rings. The second-order valence-electron chi connectivity index (χ2n) is 6.79. The molecule has 1 aliphatic carbocycles. The van der Waals surface area contributed by atoms with Crippen LogP contribution in [0.25, 0.3) is 0 Å². The minimum atomic E-state index is -0.0235. The summed E-state index contributed by atoms with van der Waals surface area (Å²) < 4.78 is 0. The summed E-state index contributed by atoms with van der Waals surface area (Å²) in [6.07, 6.45) is 4.98. The van der Waals surface area contributed by atoms with E-state index < -0.39 is 0 Å². The summed E-state index contributed by atoms with van der Waals surface area (Å²) in [6, 6.07) is 6.74. The van der Waals surface area contributed by atoms with Gasteiger partial charge >= 0.3 is 0 Å². The molecule has 3 heteroatoms. The van der Waals surface area contributed by atoms with E-state index in [1.165, 1.54) is 25.7 Å². The Labute approximate surface area is 122 Å². The second-order valence-corrected chi connectivity index (χ2v) is 6.79. The highest BCUT2D eigenvalue weighted by Gasteiger charge is 2.26. The van der Waals surface area contributed by atoms with Gasteiger partial charge in [0.15, 0.2) is 0 Å². The van der Waals surface area contributed by atoms with E-state index >= 15 is 0 Å². The maximum absolute atomic E-state index is 11.2. The van der Waals surface area contributed by atoms with E-state index in [9.17, 15) is 4.79 Å². The van der Waals surface area contributed by atoms with Gasteiger partial charge in [0.05, 0.1) is 0 Å². The lowest BCUT2D eigenvalue weighted by atomic mass is 9.75. The highest BCUT2D eigenvalue weighted by molar-refractivity contribution is 5.90. The molecule has 110 valence electrons. The fourth-order valence-electron chi connectivity index (χ4n) is 2.82. The first-order chi connectivity index (χ1) is 9.35. The molecule has 3 nitrogen and oxygen atoms in total. The van der Waals surface area contributed by atoms with E-state index in [0.29, 0.717) is 11.5 Å². The molecule has 0 unspecified atom stereocenters. The van der Waals surface area contributed by atoms with E-state index in [2.05, 4.69) is 36.6 Å². The van der Waals surface area contributed by atoms with Gasteiger partial charge in [-0.2, -0.15) is 0 Å². The van der Waals surface area contributed by atoms with Crippen LogP contribution in [0.15, 0.2) is 18.2 Å². The van der Waals surface area contributed by atoms with Crippen LogP contribution in [0, 0.1) is 12.3 Å². The van der Waals surface area contributed by atoms with Gasteiger partial charge in [-0.3, -0.25) is 4.79 Å². The van der Waals surface area contributed by atoms with Gasteiger partial charge in [0.2, 0.25) is 5.91 Å². The number of anilines is 2. The Kier molecular flexibility index (Phi) is 4.36. The summed E-state index contributed by atoms with van der Waals surface area (Å²) in [5.41, 5.74) is 3.59. The lowest BCUT2D eigenvalue weighted by molar-refractivity contribution is -0.114. The normalized spacial score (nSPS) is 18.6. The molecule has 0 radical (unpaired) electrons. The van der Waals surface area contributed by atoms with Gasteiger partial charge in [0.1, 0.15) is 0 Å². The number of hydrogen-bond acceptors (Lipinski definition) is 2. The van der Waals surface area contributed by atoms with Crippen molar-refractivity contribution in [2.45, 2.75) is 59.4 Å². The number of benzene rings is 1. The van der Waals surface area contributed by atoms with Crippen LogP contribution < -0.4 is 10.6 Å². The molecule has 20 heavy (non-hydrogen) atoms. The number of hydrogen-bond donors (Lipinski definition) is 2. The van der Waals surface area contributed by atoms with Crippen molar-refractivity contribution in [1.29, 1.82) is 0 Å². The predicted molar refractivity (Wildman–Crippen MR) is 85.1 cm³/mol. The van der Waals surface area contributed by atoms with Gasteiger partial charge in [-0.05, 0) is 55.7 Å². The van der Waals surface area contributed by atoms with E-state index in [4.69, 9.17) is 0 Å². The molecule has 1 amide bonds. The van der Waals surface area contributed by atoms with Crippen molar-refractivity contribution >= 4 is 17.3 Å². The maximum atomic E-state index is 11.2. The van der Waals surface area contributed by atoms with Crippen molar-refractivity contribution in [1.82, 2.24) is 0 Å². The van der Waals surface area contributed by atoms with Gasteiger partial charge in [-0.25, -0.2) is 0 Å². The highest BCUT2D eigenvalue weighted by Crippen LogP contribution is 2.36. The molecule has 0 saturated heterocycles. The van der Waals surface area contributed by atoms with Crippen molar-refractivity contribution < 1.29 is 4.79 Å². The summed E-state index contributed by atoms with van der Waals surface area (Å²) >= 11 is 0. The zero-order valence-electron chi connectivity index (χ0n) is 13.0. The molecule has 2 N–H and O–H groups in total. The molecule has 0 atom stereocenters. The van der Waals surface area contributed by atoms with Crippen LogP contribution >= 0.6 is 0 Å². The Morgan fingerprint density at radius 2 is 1.90 bits per heavy atom. The average molecular weight is 274 g/mol. The smallest absolute Gasteiger partial charge is 0.221 e. The minimum absolute atomic E-state index is 0.0235. The van der Waals surface area contributed by atoms with Gasteiger partial charge in [-0.1, -0.05) is 19.9 Å². The maximum Gasteiger partial charge on any atom is 0.221 e. The first-order valence-electron chi connectivity index (χ1n) is 7.50. The molecule has 1 aliphatic rings. The molecular formula is C17H26N2O. The SMILES string of the molecule is CC(=O)Nc1cc(NC2CCC(C)(C)CC2)ccc1C. The highest BCUT2D eigenvalue weighted by atomic mass is 16.1. The van der Waals surface area contributed by atoms with Crippen molar-refractivity contribution in [3.8, 4) is 0 Å². The van der Waals surface area contributed by atoms with E-state index in [1.807, 2.05) is 13.0 Å². The summed E-state index contributed by atoms with van der Waals surface area (Å²) in [5, 5.41) is 6.49. The van der Waals surface area contributed by atoms with Crippen LogP contribution in [0.2, 0.25) is 0 Å². The van der Waals surface area contributed by atoms with Crippen LogP contribution in [0.4, 0.5) is 11.4 Å². The fourth-order valence-corrected chi connectivity index (χ4v) is 2.82. The standard InChI is InChI=1S/C17H26N2O/c1-12-5-6-15(11-16(12)18-13(2)20)19-14-7-9-17(3,4)10-8-14/h5-6,11,14,19H,7-10H2,1-4H3,(H,18,20). The Hall–Kier alpha value is -1.51. The zero-order chi connectivity index (χ0) is 14.8. The monoisotopic (exact) mass is 274 g/mol. The van der Waals surface area contributed by atoms with Crippen LogP contribution in [0.3, 0.4) is 0 Å². The Morgan fingerprint density at radius 3 is 2.50 bits per heavy atom. The number of carbonyl (C=O) groups excluding carboxylic acids is 1. The molecule has 1 saturated carbocycles. The Morgan fingerprint density at radius 1 is 1.25 bits per heavy atom. The number of rotatable bonds is 3. The van der Waals surface area contributed by atoms with E-state index in [-0.39, 0.29) is 5.91 Å². The van der Waals surface area contributed by atoms with Crippen LogP contribution in [-0.4, -0.2) is 11.9 Å². The van der Waals surface area contributed by atoms with Crippen molar-refractivity contribution in [3.05, 3.63) is 23.8 Å². The average Bonchev–Trinajstić information content (AvgIpc) is 2.35. The third-order valence-electron chi connectivity index (χ3n) is 4.26. The summed E-state index contributed by atoms with van der Waals surface area (Å²) in [4.78, 5) is 11.2. The molecular weight excluding hydrogens is 248 g/mol. The number of nitrogens with one attached hydrogen (secondary N) is 2. The number of aryl methyl sites for hydroxylation is 1. The van der Waals surface area contributed by atoms with Gasteiger partial charge in [0, 0.05) is 24.3 Å². The topological polar surface area (TPSA) is 41.1 Å². The van der Waals surface area contributed by atoms with Crippen molar-refractivity contribution in [3.63, 3.8) is 0 Å². The van der Waals surface area contributed by atoms with E-state index in [1.54, 1.807) is 6.92 Å². The minimum Gasteiger partial charge on any atom is -0.382 e.